The zero-order chi connectivity index (χ0) is 28.8. The highest BCUT2D eigenvalue weighted by Crippen LogP contribution is 2.15. The molecule has 0 saturated heterocycles. The standard InChI is InChI=1S/C34H67NO4/c1-5-7-9-11-13-15-16-17-19-20-22-24-27-32(39-34(37)29-26-30-35(3)4)31-38-33(36)28-25-23-21-18-14-12-10-8-6-2/h32H,5-31H2,1-4H3. The minimum atomic E-state index is -0.313. The van der Waals surface area contributed by atoms with E-state index in [1.165, 1.54) is 109 Å². The van der Waals surface area contributed by atoms with E-state index in [1.807, 2.05) is 14.1 Å². The third-order valence-electron chi connectivity index (χ3n) is 7.58. The Morgan fingerprint density at radius 2 is 0.949 bits per heavy atom. The second kappa shape index (κ2) is 29.9. The molecule has 0 saturated carbocycles. The number of carbonyl (C=O) groups excluding carboxylic acids is 2. The van der Waals surface area contributed by atoms with Crippen molar-refractivity contribution in [1.29, 1.82) is 0 Å². The van der Waals surface area contributed by atoms with Crippen molar-refractivity contribution in [2.45, 2.75) is 180 Å². The molecule has 0 rings (SSSR count). The van der Waals surface area contributed by atoms with Gasteiger partial charge in [-0.15, -0.1) is 0 Å². The van der Waals surface area contributed by atoms with Gasteiger partial charge in [-0.05, 0) is 46.3 Å². The molecule has 0 aromatic rings. The summed E-state index contributed by atoms with van der Waals surface area (Å²) in [7, 11) is 4.02. The molecule has 0 radical (unpaired) electrons. The second-order valence-electron chi connectivity index (χ2n) is 12.0. The molecular formula is C34H67NO4. The van der Waals surface area contributed by atoms with Crippen LogP contribution in [0.25, 0.3) is 0 Å². The number of unbranched alkanes of at least 4 members (excludes halogenated alkanes) is 19. The summed E-state index contributed by atoms with van der Waals surface area (Å²) in [6, 6.07) is 0. The minimum Gasteiger partial charge on any atom is -0.462 e. The van der Waals surface area contributed by atoms with Gasteiger partial charge in [-0.1, -0.05) is 136 Å². The Bertz CT molecular complexity index is 537. The molecule has 5 nitrogen and oxygen atoms in total. The fourth-order valence-electron chi connectivity index (χ4n) is 5.01. The van der Waals surface area contributed by atoms with Gasteiger partial charge < -0.3 is 14.4 Å². The second-order valence-corrected chi connectivity index (χ2v) is 12.0. The summed E-state index contributed by atoms with van der Waals surface area (Å²) in [6.45, 7) is 5.58. The van der Waals surface area contributed by atoms with Crippen LogP contribution >= 0.6 is 0 Å². The maximum absolute atomic E-state index is 12.4. The molecule has 1 unspecified atom stereocenters. The maximum Gasteiger partial charge on any atom is 0.306 e. The fraction of sp³-hybridized carbons (Fsp3) is 0.941. The molecule has 0 bridgehead atoms. The molecule has 0 aliphatic heterocycles. The van der Waals surface area contributed by atoms with Crippen LogP contribution in [0.3, 0.4) is 0 Å². The molecule has 0 spiro atoms. The molecule has 0 aliphatic carbocycles. The maximum atomic E-state index is 12.4. The minimum absolute atomic E-state index is 0.152. The van der Waals surface area contributed by atoms with E-state index in [1.54, 1.807) is 0 Å². The van der Waals surface area contributed by atoms with Gasteiger partial charge in [-0.2, -0.15) is 0 Å². The fourth-order valence-corrected chi connectivity index (χ4v) is 5.01. The number of nitrogens with zero attached hydrogens (tertiary/aromatic N) is 1. The topological polar surface area (TPSA) is 55.8 Å². The Balaban J connectivity index is 4.10. The predicted molar refractivity (Wildman–Crippen MR) is 166 cm³/mol. The lowest BCUT2D eigenvalue weighted by molar-refractivity contribution is -0.159. The van der Waals surface area contributed by atoms with Gasteiger partial charge >= 0.3 is 11.9 Å². The molecule has 0 aromatic carbocycles. The summed E-state index contributed by atoms with van der Waals surface area (Å²) >= 11 is 0. The van der Waals surface area contributed by atoms with Gasteiger partial charge in [0.1, 0.15) is 12.7 Å². The number of carbonyl (C=O) groups is 2. The molecule has 1 atom stereocenters. The van der Waals surface area contributed by atoms with Gasteiger partial charge in [0.05, 0.1) is 0 Å². The first kappa shape index (κ1) is 37.9. The SMILES string of the molecule is CCCCCCCCCCCCCCC(COC(=O)CCCCCCCCCCC)OC(=O)CCCN(C)C. The number of hydrogen-bond donors (Lipinski definition) is 0. The molecule has 0 aromatic heterocycles. The molecular weight excluding hydrogens is 486 g/mol. The van der Waals surface area contributed by atoms with Gasteiger partial charge in [0, 0.05) is 12.8 Å². The quantitative estimate of drug-likeness (QED) is 0.0654. The highest BCUT2D eigenvalue weighted by Gasteiger charge is 2.17. The van der Waals surface area contributed by atoms with Crippen LogP contribution in [0.5, 0.6) is 0 Å². The normalized spacial score (nSPS) is 12.1. The largest absolute Gasteiger partial charge is 0.462 e. The summed E-state index contributed by atoms with van der Waals surface area (Å²) in [5.74, 6) is -0.322. The summed E-state index contributed by atoms with van der Waals surface area (Å²) in [5, 5.41) is 0. The van der Waals surface area contributed by atoms with E-state index in [0.717, 1.165) is 45.1 Å². The van der Waals surface area contributed by atoms with E-state index < -0.39 is 0 Å². The highest BCUT2D eigenvalue weighted by atomic mass is 16.6. The molecule has 0 N–H and O–H groups in total. The zero-order valence-electron chi connectivity index (χ0n) is 26.7. The van der Waals surface area contributed by atoms with E-state index >= 15 is 0 Å². The highest BCUT2D eigenvalue weighted by molar-refractivity contribution is 5.70. The van der Waals surface area contributed by atoms with E-state index in [2.05, 4.69) is 18.7 Å². The molecule has 39 heavy (non-hydrogen) atoms. The van der Waals surface area contributed by atoms with E-state index in [9.17, 15) is 9.59 Å². The van der Waals surface area contributed by atoms with Crippen molar-refractivity contribution in [3.8, 4) is 0 Å². The van der Waals surface area contributed by atoms with Crippen molar-refractivity contribution in [3.05, 3.63) is 0 Å². The number of hydrogen-bond acceptors (Lipinski definition) is 5. The average Bonchev–Trinajstić information content (AvgIpc) is 2.91. The Morgan fingerprint density at radius 3 is 1.41 bits per heavy atom. The predicted octanol–water partition coefficient (Wildman–Crippen LogP) is 9.80. The molecule has 0 heterocycles. The van der Waals surface area contributed by atoms with Gasteiger partial charge in [0.25, 0.3) is 0 Å². The van der Waals surface area contributed by atoms with Gasteiger partial charge in [-0.25, -0.2) is 0 Å². The van der Waals surface area contributed by atoms with Crippen molar-refractivity contribution in [1.82, 2.24) is 4.90 Å². The van der Waals surface area contributed by atoms with Crippen molar-refractivity contribution >= 4 is 11.9 Å². The van der Waals surface area contributed by atoms with Crippen LogP contribution in [0.4, 0.5) is 0 Å². The first-order valence-corrected chi connectivity index (χ1v) is 17.0. The molecule has 0 aliphatic rings. The average molecular weight is 554 g/mol. The molecule has 232 valence electrons. The van der Waals surface area contributed by atoms with Gasteiger partial charge in [-0.3, -0.25) is 9.59 Å². The molecule has 5 heteroatoms. The van der Waals surface area contributed by atoms with Gasteiger partial charge in [0.15, 0.2) is 0 Å². The third kappa shape index (κ3) is 29.7. The monoisotopic (exact) mass is 554 g/mol. The third-order valence-corrected chi connectivity index (χ3v) is 7.58. The van der Waals surface area contributed by atoms with E-state index in [0.29, 0.717) is 12.8 Å². The summed E-state index contributed by atoms with van der Waals surface area (Å²) in [6.07, 6.45) is 28.8. The van der Waals surface area contributed by atoms with Crippen LogP contribution in [-0.2, 0) is 19.1 Å². The van der Waals surface area contributed by atoms with Crippen LogP contribution in [-0.4, -0.2) is 50.2 Å². The number of ether oxygens (including phenoxy) is 2. The number of esters is 2. The Hall–Kier alpha value is -1.10. The Morgan fingerprint density at radius 1 is 0.538 bits per heavy atom. The summed E-state index contributed by atoms with van der Waals surface area (Å²) in [5.41, 5.74) is 0. The van der Waals surface area contributed by atoms with Crippen molar-refractivity contribution in [3.63, 3.8) is 0 Å². The lowest BCUT2D eigenvalue weighted by atomic mass is 10.0. The van der Waals surface area contributed by atoms with Gasteiger partial charge in [0.2, 0.25) is 0 Å². The lowest BCUT2D eigenvalue weighted by Crippen LogP contribution is -2.26. The summed E-state index contributed by atoms with van der Waals surface area (Å²) < 4.78 is 11.3. The zero-order valence-corrected chi connectivity index (χ0v) is 26.7. The smallest absolute Gasteiger partial charge is 0.306 e. The van der Waals surface area contributed by atoms with E-state index in [-0.39, 0.29) is 24.6 Å². The van der Waals surface area contributed by atoms with Crippen molar-refractivity contribution < 1.29 is 19.1 Å². The Kier molecular flexibility index (Phi) is 29.0. The Labute approximate surface area is 243 Å². The van der Waals surface area contributed by atoms with Crippen LogP contribution in [0, 0.1) is 0 Å². The number of rotatable bonds is 30. The molecule has 0 amide bonds. The van der Waals surface area contributed by atoms with Crippen LogP contribution in [0.1, 0.15) is 174 Å². The van der Waals surface area contributed by atoms with Crippen molar-refractivity contribution in [2.24, 2.45) is 0 Å². The summed E-state index contributed by atoms with van der Waals surface area (Å²) in [4.78, 5) is 26.7. The first-order valence-electron chi connectivity index (χ1n) is 17.0. The first-order chi connectivity index (χ1) is 19.0. The van der Waals surface area contributed by atoms with Crippen molar-refractivity contribution in [2.75, 3.05) is 27.2 Å². The lowest BCUT2D eigenvalue weighted by Gasteiger charge is -2.18. The molecule has 0 fully saturated rings. The van der Waals surface area contributed by atoms with Crippen LogP contribution < -0.4 is 0 Å². The van der Waals surface area contributed by atoms with Crippen LogP contribution in [0.15, 0.2) is 0 Å². The van der Waals surface area contributed by atoms with E-state index in [4.69, 9.17) is 9.47 Å². The van der Waals surface area contributed by atoms with Crippen LogP contribution in [0.2, 0.25) is 0 Å².